The number of halogens is 2. The Morgan fingerprint density at radius 1 is 1.36 bits per heavy atom. The minimum atomic E-state index is 0.256. The van der Waals surface area contributed by atoms with Crippen LogP contribution >= 0.6 is 31.9 Å². The van der Waals surface area contributed by atoms with Gasteiger partial charge in [0.25, 0.3) is 0 Å². The van der Waals surface area contributed by atoms with E-state index >= 15 is 0 Å². The summed E-state index contributed by atoms with van der Waals surface area (Å²) in [5.41, 5.74) is 0.806. The Hall–Kier alpha value is -0.150. The van der Waals surface area contributed by atoms with Gasteiger partial charge in [-0.15, -0.1) is 0 Å². The Morgan fingerprint density at radius 3 is 2.64 bits per heavy atom. The molecule has 0 bridgehead atoms. The van der Waals surface area contributed by atoms with E-state index in [0.717, 1.165) is 14.5 Å². The van der Waals surface area contributed by atoms with Crippen molar-refractivity contribution >= 4 is 37.6 Å². The highest BCUT2D eigenvalue weighted by Crippen LogP contribution is 2.34. The fourth-order valence-electron chi connectivity index (χ4n) is 1.41. The standard InChI is InChI=1S/C11H10Br2O/c12-8-3-4-9(10(13)6-8)11(14)5-7-1-2-7/h3-4,6-7H,1-2,5H2. The third-order valence-corrected chi connectivity index (χ3v) is 3.55. The zero-order valence-electron chi connectivity index (χ0n) is 7.59. The zero-order valence-corrected chi connectivity index (χ0v) is 10.8. The number of carbonyl (C=O) groups excluding carboxylic acids is 1. The Labute approximate surface area is 100 Å². The number of hydrogen-bond donors (Lipinski definition) is 0. The van der Waals surface area contributed by atoms with Gasteiger partial charge in [0.05, 0.1) is 0 Å². The summed E-state index contributed by atoms with van der Waals surface area (Å²) in [4.78, 5) is 11.8. The van der Waals surface area contributed by atoms with Crippen LogP contribution in [0, 0.1) is 5.92 Å². The van der Waals surface area contributed by atoms with Crippen LogP contribution in [0.1, 0.15) is 29.6 Å². The summed E-state index contributed by atoms with van der Waals surface area (Å²) >= 11 is 6.77. The molecule has 2 rings (SSSR count). The molecule has 1 aromatic rings. The average Bonchev–Trinajstić information content (AvgIpc) is 2.87. The van der Waals surface area contributed by atoms with Crippen LogP contribution in [0.3, 0.4) is 0 Å². The molecular formula is C11H10Br2O. The first-order valence-corrected chi connectivity index (χ1v) is 6.23. The molecule has 14 heavy (non-hydrogen) atoms. The molecule has 3 heteroatoms. The molecule has 0 atom stereocenters. The molecule has 0 aliphatic heterocycles. The first-order chi connectivity index (χ1) is 6.66. The molecule has 1 aliphatic carbocycles. The Balaban J connectivity index is 2.17. The topological polar surface area (TPSA) is 17.1 Å². The van der Waals surface area contributed by atoms with Crippen molar-refractivity contribution in [1.82, 2.24) is 0 Å². The molecule has 1 nitrogen and oxygen atoms in total. The van der Waals surface area contributed by atoms with E-state index in [9.17, 15) is 4.79 Å². The van der Waals surface area contributed by atoms with Crippen LogP contribution in [0.5, 0.6) is 0 Å². The van der Waals surface area contributed by atoms with E-state index in [4.69, 9.17) is 0 Å². The fourth-order valence-corrected chi connectivity index (χ4v) is 2.68. The van der Waals surface area contributed by atoms with Gasteiger partial charge >= 0.3 is 0 Å². The average molecular weight is 318 g/mol. The van der Waals surface area contributed by atoms with Crippen molar-refractivity contribution in [1.29, 1.82) is 0 Å². The normalized spacial score (nSPS) is 15.6. The van der Waals surface area contributed by atoms with Gasteiger partial charge in [-0.1, -0.05) is 31.9 Å². The maximum atomic E-state index is 11.8. The molecule has 1 fully saturated rings. The molecule has 0 N–H and O–H groups in total. The Morgan fingerprint density at radius 2 is 2.07 bits per heavy atom. The summed E-state index contributed by atoms with van der Waals surface area (Å²) in [5, 5.41) is 0. The molecule has 0 spiro atoms. The van der Waals surface area contributed by atoms with Crippen LogP contribution in [-0.4, -0.2) is 5.78 Å². The molecule has 0 unspecified atom stereocenters. The minimum Gasteiger partial charge on any atom is -0.294 e. The predicted molar refractivity (Wildman–Crippen MR) is 63.5 cm³/mol. The van der Waals surface area contributed by atoms with E-state index in [-0.39, 0.29) is 5.78 Å². The van der Waals surface area contributed by atoms with Gasteiger partial charge < -0.3 is 0 Å². The first-order valence-electron chi connectivity index (χ1n) is 4.65. The summed E-state index contributed by atoms with van der Waals surface area (Å²) < 4.78 is 1.88. The molecule has 0 saturated heterocycles. The van der Waals surface area contributed by atoms with E-state index < -0.39 is 0 Å². The van der Waals surface area contributed by atoms with Crippen molar-refractivity contribution in [2.24, 2.45) is 5.92 Å². The maximum Gasteiger partial charge on any atom is 0.164 e. The van der Waals surface area contributed by atoms with Crippen LogP contribution < -0.4 is 0 Å². The van der Waals surface area contributed by atoms with Crippen LogP contribution in [0.4, 0.5) is 0 Å². The molecule has 1 aromatic carbocycles. The Bertz CT molecular complexity index is 370. The number of rotatable bonds is 3. The number of hydrogen-bond acceptors (Lipinski definition) is 1. The van der Waals surface area contributed by atoms with Crippen LogP contribution in [0.2, 0.25) is 0 Å². The van der Waals surface area contributed by atoms with Crippen molar-refractivity contribution in [3.8, 4) is 0 Å². The second-order valence-corrected chi connectivity index (χ2v) is 5.46. The third-order valence-electron chi connectivity index (χ3n) is 2.40. The number of carbonyl (C=O) groups is 1. The minimum absolute atomic E-state index is 0.256. The summed E-state index contributed by atoms with van der Waals surface area (Å²) in [6, 6.07) is 5.70. The van der Waals surface area contributed by atoms with Gasteiger partial charge in [0, 0.05) is 20.9 Å². The molecule has 0 heterocycles. The lowest BCUT2D eigenvalue weighted by molar-refractivity contribution is 0.0975. The van der Waals surface area contributed by atoms with Gasteiger partial charge in [-0.2, -0.15) is 0 Å². The number of ketones is 1. The van der Waals surface area contributed by atoms with E-state index in [1.165, 1.54) is 12.8 Å². The summed E-state index contributed by atoms with van der Waals surface area (Å²) in [6.07, 6.45) is 3.15. The van der Waals surface area contributed by atoms with E-state index in [0.29, 0.717) is 12.3 Å². The summed E-state index contributed by atoms with van der Waals surface area (Å²) in [7, 11) is 0. The number of Topliss-reactive ketones (excluding diaryl/α,β-unsaturated/α-hetero) is 1. The van der Waals surface area contributed by atoms with E-state index in [1.54, 1.807) is 0 Å². The van der Waals surface area contributed by atoms with Crippen LogP contribution in [0.15, 0.2) is 27.1 Å². The molecule has 74 valence electrons. The van der Waals surface area contributed by atoms with E-state index in [2.05, 4.69) is 31.9 Å². The van der Waals surface area contributed by atoms with Gasteiger partial charge in [-0.05, 0) is 37.0 Å². The predicted octanol–water partition coefficient (Wildman–Crippen LogP) is 4.19. The fraction of sp³-hybridized carbons (Fsp3) is 0.364. The van der Waals surface area contributed by atoms with Gasteiger partial charge in [0.2, 0.25) is 0 Å². The van der Waals surface area contributed by atoms with Gasteiger partial charge in [0.15, 0.2) is 5.78 Å². The highest BCUT2D eigenvalue weighted by molar-refractivity contribution is 9.11. The highest BCUT2D eigenvalue weighted by Gasteiger charge is 2.25. The van der Waals surface area contributed by atoms with Crippen molar-refractivity contribution in [3.05, 3.63) is 32.7 Å². The molecule has 0 amide bonds. The second kappa shape index (κ2) is 4.15. The van der Waals surface area contributed by atoms with Crippen molar-refractivity contribution in [3.63, 3.8) is 0 Å². The largest absolute Gasteiger partial charge is 0.294 e. The summed E-state index contributed by atoms with van der Waals surface area (Å²) in [6.45, 7) is 0. The SMILES string of the molecule is O=C(CC1CC1)c1ccc(Br)cc1Br. The lowest BCUT2D eigenvalue weighted by Crippen LogP contribution is -2.00. The lowest BCUT2D eigenvalue weighted by atomic mass is 10.1. The maximum absolute atomic E-state index is 11.8. The molecule has 1 saturated carbocycles. The molecule has 0 radical (unpaired) electrons. The molecular weight excluding hydrogens is 308 g/mol. The highest BCUT2D eigenvalue weighted by atomic mass is 79.9. The van der Waals surface area contributed by atoms with Gasteiger partial charge in [-0.3, -0.25) is 4.79 Å². The lowest BCUT2D eigenvalue weighted by Gasteiger charge is -2.03. The quantitative estimate of drug-likeness (QED) is 0.764. The smallest absolute Gasteiger partial charge is 0.164 e. The monoisotopic (exact) mass is 316 g/mol. The van der Waals surface area contributed by atoms with E-state index in [1.807, 2.05) is 18.2 Å². The van der Waals surface area contributed by atoms with Crippen molar-refractivity contribution in [2.45, 2.75) is 19.3 Å². The summed E-state index contributed by atoms with van der Waals surface area (Å²) in [5.74, 6) is 0.907. The van der Waals surface area contributed by atoms with Crippen molar-refractivity contribution < 1.29 is 4.79 Å². The zero-order chi connectivity index (χ0) is 10.1. The van der Waals surface area contributed by atoms with Gasteiger partial charge in [-0.25, -0.2) is 0 Å². The van der Waals surface area contributed by atoms with Gasteiger partial charge in [0.1, 0.15) is 0 Å². The second-order valence-electron chi connectivity index (χ2n) is 3.69. The first kappa shape index (κ1) is 10.4. The van der Waals surface area contributed by atoms with Crippen molar-refractivity contribution in [2.75, 3.05) is 0 Å². The number of benzene rings is 1. The van der Waals surface area contributed by atoms with Crippen LogP contribution in [0.25, 0.3) is 0 Å². The third kappa shape index (κ3) is 2.45. The Kier molecular flexibility index (Phi) is 3.07. The van der Waals surface area contributed by atoms with Crippen LogP contribution in [-0.2, 0) is 0 Å². The molecule has 0 aromatic heterocycles. The molecule has 1 aliphatic rings.